The molecule has 0 aliphatic heterocycles. The first-order chi connectivity index (χ1) is 7.22. The Morgan fingerprint density at radius 2 is 1.93 bits per heavy atom. The molecule has 0 unspecified atom stereocenters. The number of anilines is 2. The van der Waals surface area contributed by atoms with Gasteiger partial charge in [0.1, 0.15) is 0 Å². The molecule has 1 aromatic carbocycles. The molecular weight excluding hydrogens is 190 g/mol. The van der Waals surface area contributed by atoms with Gasteiger partial charge in [-0.15, -0.1) is 0 Å². The van der Waals surface area contributed by atoms with Gasteiger partial charge in [0.05, 0.1) is 5.52 Å². The summed E-state index contributed by atoms with van der Waals surface area (Å²) in [6.07, 6.45) is 0. The second-order valence-electron chi connectivity index (χ2n) is 3.43. The van der Waals surface area contributed by atoms with E-state index in [-0.39, 0.29) is 0 Å². The van der Waals surface area contributed by atoms with E-state index in [0.29, 0.717) is 11.8 Å². The molecule has 3 N–H and O–H groups in total. The van der Waals surface area contributed by atoms with Crippen molar-refractivity contribution in [3.8, 4) is 0 Å². The van der Waals surface area contributed by atoms with Gasteiger partial charge in [-0.1, -0.05) is 12.1 Å². The van der Waals surface area contributed by atoms with E-state index in [0.717, 1.165) is 10.9 Å². The minimum absolute atomic E-state index is 0.640. The maximum atomic E-state index is 5.43. The fourth-order valence-corrected chi connectivity index (χ4v) is 1.37. The van der Waals surface area contributed by atoms with Crippen LogP contribution in [0.25, 0.3) is 10.9 Å². The first-order valence-corrected chi connectivity index (χ1v) is 4.63. The number of para-hydroxylation sites is 1. The highest BCUT2D eigenvalue weighted by Crippen LogP contribution is 2.21. The fourth-order valence-electron chi connectivity index (χ4n) is 1.37. The van der Waals surface area contributed by atoms with E-state index in [2.05, 4.69) is 15.4 Å². The average Bonchev–Trinajstić information content (AvgIpc) is 2.27. The van der Waals surface area contributed by atoms with E-state index in [1.54, 1.807) is 0 Å². The Bertz CT molecular complexity index is 480. The Hall–Kier alpha value is -1.88. The molecule has 1 heterocycles. The van der Waals surface area contributed by atoms with Crippen molar-refractivity contribution >= 4 is 22.7 Å². The number of nitrogens with two attached hydrogens (primary N) is 1. The van der Waals surface area contributed by atoms with E-state index >= 15 is 0 Å². The van der Waals surface area contributed by atoms with Gasteiger partial charge in [0, 0.05) is 19.5 Å². The number of hydrogen-bond donors (Lipinski definition) is 2. The minimum Gasteiger partial charge on any atom is -0.347 e. The van der Waals surface area contributed by atoms with Gasteiger partial charge in [-0.05, 0) is 12.1 Å². The van der Waals surface area contributed by atoms with Crippen LogP contribution in [0.3, 0.4) is 0 Å². The lowest BCUT2D eigenvalue weighted by molar-refractivity contribution is 1.01. The number of rotatable bonds is 2. The maximum absolute atomic E-state index is 5.43. The maximum Gasteiger partial charge on any atom is 0.227 e. The van der Waals surface area contributed by atoms with Crippen molar-refractivity contribution in [2.75, 3.05) is 24.4 Å². The van der Waals surface area contributed by atoms with Gasteiger partial charge in [-0.25, -0.2) is 10.8 Å². The Morgan fingerprint density at radius 3 is 2.60 bits per heavy atom. The number of nitrogens with zero attached hydrogens (tertiary/aromatic N) is 3. The average molecular weight is 203 g/mol. The normalized spacial score (nSPS) is 10.3. The van der Waals surface area contributed by atoms with Gasteiger partial charge >= 0.3 is 0 Å². The van der Waals surface area contributed by atoms with Crippen molar-refractivity contribution in [2.24, 2.45) is 5.84 Å². The molecule has 0 saturated carbocycles. The molecule has 2 rings (SSSR count). The number of nitrogen functional groups attached to an aromatic ring is 1. The third kappa shape index (κ3) is 1.69. The highest BCUT2D eigenvalue weighted by Gasteiger charge is 2.06. The van der Waals surface area contributed by atoms with Crippen LogP contribution in [0.4, 0.5) is 11.8 Å². The Balaban J connectivity index is 2.71. The standard InChI is InChI=1S/C10H13N5/c1-15(2)10-12-8-6-4-3-5-7(8)9(13-10)14-11/h3-6H,11H2,1-2H3,(H,12,13,14). The summed E-state index contributed by atoms with van der Waals surface area (Å²) in [7, 11) is 3.79. The van der Waals surface area contributed by atoms with Gasteiger partial charge in [-0.3, -0.25) is 0 Å². The number of hydrazine groups is 1. The largest absolute Gasteiger partial charge is 0.347 e. The molecular formula is C10H13N5. The second kappa shape index (κ2) is 3.70. The van der Waals surface area contributed by atoms with Crippen molar-refractivity contribution in [3.05, 3.63) is 24.3 Å². The molecule has 0 fully saturated rings. The van der Waals surface area contributed by atoms with Crippen molar-refractivity contribution in [3.63, 3.8) is 0 Å². The molecule has 5 heteroatoms. The number of nitrogens with one attached hydrogen (secondary N) is 1. The lowest BCUT2D eigenvalue weighted by Crippen LogP contribution is -2.16. The number of benzene rings is 1. The van der Waals surface area contributed by atoms with Crippen LogP contribution in [0.15, 0.2) is 24.3 Å². The van der Waals surface area contributed by atoms with E-state index in [1.165, 1.54) is 0 Å². The van der Waals surface area contributed by atoms with Crippen LogP contribution in [0.1, 0.15) is 0 Å². The minimum atomic E-state index is 0.640. The number of hydrogen-bond acceptors (Lipinski definition) is 5. The quantitative estimate of drug-likeness (QED) is 0.562. The Morgan fingerprint density at radius 1 is 1.20 bits per heavy atom. The van der Waals surface area contributed by atoms with Crippen LogP contribution < -0.4 is 16.2 Å². The lowest BCUT2D eigenvalue weighted by Gasteiger charge is -2.12. The first-order valence-electron chi connectivity index (χ1n) is 4.63. The molecule has 2 aromatic rings. The molecule has 5 nitrogen and oxygen atoms in total. The van der Waals surface area contributed by atoms with Crippen LogP contribution in [0, 0.1) is 0 Å². The lowest BCUT2D eigenvalue weighted by atomic mass is 10.2. The summed E-state index contributed by atoms with van der Waals surface area (Å²) in [5, 5.41) is 0.922. The van der Waals surface area contributed by atoms with Gasteiger partial charge in [-0.2, -0.15) is 4.98 Å². The van der Waals surface area contributed by atoms with Crippen molar-refractivity contribution in [1.29, 1.82) is 0 Å². The monoisotopic (exact) mass is 203 g/mol. The summed E-state index contributed by atoms with van der Waals surface area (Å²) < 4.78 is 0. The van der Waals surface area contributed by atoms with Crippen molar-refractivity contribution in [2.45, 2.75) is 0 Å². The van der Waals surface area contributed by atoms with E-state index < -0.39 is 0 Å². The van der Waals surface area contributed by atoms with Gasteiger partial charge in [0.15, 0.2) is 5.82 Å². The van der Waals surface area contributed by atoms with Crippen LogP contribution in [-0.2, 0) is 0 Å². The summed E-state index contributed by atoms with van der Waals surface area (Å²) in [4.78, 5) is 10.5. The van der Waals surface area contributed by atoms with Crippen LogP contribution in [0.5, 0.6) is 0 Å². The van der Waals surface area contributed by atoms with E-state index in [4.69, 9.17) is 5.84 Å². The van der Waals surface area contributed by atoms with Crippen molar-refractivity contribution < 1.29 is 0 Å². The first kappa shape index (κ1) is 9.67. The third-order valence-electron chi connectivity index (χ3n) is 2.13. The van der Waals surface area contributed by atoms with Gasteiger partial charge < -0.3 is 10.3 Å². The summed E-state index contributed by atoms with van der Waals surface area (Å²) in [5.74, 6) is 6.71. The topological polar surface area (TPSA) is 67.1 Å². The molecule has 15 heavy (non-hydrogen) atoms. The molecule has 1 aromatic heterocycles. The van der Waals surface area contributed by atoms with E-state index in [9.17, 15) is 0 Å². The molecule has 0 bridgehead atoms. The Labute approximate surface area is 87.9 Å². The predicted molar refractivity (Wildman–Crippen MR) is 61.7 cm³/mol. The molecule has 0 aliphatic carbocycles. The molecule has 78 valence electrons. The predicted octanol–water partition coefficient (Wildman–Crippen LogP) is 0.981. The smallest absolute Gasteiger partial charge is 0.227 e. The molecule has 0 amide bonds. The molecule has 0 aliphatic rings. The SMILES string of the molecule is CN(C)c1nc(NN)c2ccccc2n1. The highest BCUT2D eigenvalue weighted by molar-refractivity contribution is 5.89. The van der Waals surface area contributed by atoms with Gasteiger partial charge in [0.25, 0.3) is 0 Å². The van der Waals surface area contributed by atoms with Crippen LogP contribution >= 0.6 is 0 Å². The third-order valence-corrected chi connectivity index (χ3v) is 2.13. The van der Waals surface area contributed by atoms with E-state index in [1.807, 2.05) is 43.3 Å². The van der Waals surface area contributed by atoms with Crippen LogP contribution in [0.2, 0.25) is 0 Å². The zero-order valence-electron chi connectivity index (χ0n) is 8.73. The van der Waals surface area contributed by atoms with Crippen LogP contribution in [-0.4, -0.2) is 24.1 Å². The molecule has 0 spiro atoms. The second-order valence-corrected chi connectivity index (χ2v) is 3.43. The number of fused-ring (bicyclic) bond motifs is 1. The fraction of sp³-hybridized carbons (Fsp3) is 0.200. The molecule has 0 saturated heterocycles. The summed E-state index contributed by atoms with van der Waals surface area (Å²) in [6, 6.07) is 7.74. The summed E-state index contributed by atoms with van der Waals surface area (Å²) in [6.45, 7) is 0. The number of aromatic nitrogens is 2. The van der Waals surface area contributed by atoms with Crippen molar-refractivity contribution in [1.82, 2.24) is 9.97 Å². The summed E-state index contributed by atoms with van der Waals surface area (Å²) in [5.41, 5.74) is 3.47. The molecule has 0 atom stereocenters. The zero-order chi connectivity index (χ0) is 10.8. The zero-order valence-corrected chi connectivity index (χ0v) is 8.73. The van der Waals surface area contributed by atoms with Gasteiger partial charge in [0.2, 0.25) is 5.95 Å². The summed E-state index contributed by atoms with van der Waals surface area (Å²) >= 11 is 0. The Kier molecular flexibility index (Phi) is 2.39. The molecule has 0 radical (unpaired) electrons. The highest BCUT2D eigenvalue weighted by atomic mass is 15.3.